The Kier molecular flexibility index (Phi) is 3.00. The summed E-state index contributed by atoms with van der Waals surface area (Å²) in [5.41, 5.74) is 1.86. The van der Waals surface area contributed by atoms with Gasteiger partial charge >= 0.3 is 5.97 Å². The third-order valence-electron chi connectivity index (χ3n) is 3.81. The highest BCUT2D eigenvalue weighted by Gasteiger charge is 2.29. The number of fused-ring (bicyclic) bond motifs is 2. The largest absolute Gasteiger partial charge is 0.478 e. The van der Waals surface area contributed by atoms with Crippen LogP contribution in [-0.2, 0) is 17.6 Å². The first-order chi connectivity index (χ1) is 9.58. The van der Waals surface area contributed by atoms with Gasteiger partial charge in [-0.05, 0) is 30.0 Å². The highest BCUT2D eigenvalue weighted by Crippen LogP contribution is 2.40. The Hall–Kier alpha value is -2.24. The lowest BCUT2D eigenvalue weighted by Crippen LogP contribution is -2.31. The summed E-state index contributed by atoms with van der Waals surface area (Å²) in [5, 5.41) is 9.46. The van der Waals surface area contributed by atoms with Gasteiger partial charge in [0, 0.05) is 20.0 Å². The second-order valence-corrected chi connectivity index (χ2v) is 4.93. The molecular formula is C14H15NO5. The number of rotatable bonds is 1. The fraction of sp³-hybridized carbons (Fsp3) is 0.429. The number of aromatic carboxylic acids is 1. The van der Waals surface area contributed by atoms with Crippen LogP contribution in [0.5, 0.6) is 11.5 Å². The molecule has 2 aliphatic heterocycles. The molecule has 1 aromatic carbocycles. The summed E-state index contributed by atoms with van der Waals surface area (Å²) in [6.45, 7) is 2.71. The van der Waals surface area contributed by atoms with Crippen molar-refractivity contribution in [1.82, 2.24) is 4.90 Å². The van der Waals surface area contributed by atoms with Gasteiger partial charge in [-0.2, -0.15) is 0 Å². The van der Waals surface area contributed by atoms with Gasteiger partial charge in [0.15, 0.2) is 11.5 Å². The van der Waals surface area contributed by atoms with E-state index in [2.05, 4.69) is 0 Å². The molecule has 1 amide bonds. The van der Waals surface area contributed by atoms with Crippen LogP contribution in [0.25, 0.3) is 0 Å². The predicted molar refractivity (Wildman–Crippen MR) is 69.2 cm³/mol. The summed E-state index contributed by atoms with van der Waals surface area (Å²) in [6.07, 6.45) is 1.15. The molecule has 3 rings (SSSR count). The molecule has 20 heavy (non-hydrogen) atoms. The number of benzene rings is 1. The van der Waals surface area contributed by atoms with E-state index in [0.717, 1.165) is 11.1 Å². The lowest BCUT2D eigenvalue weighted by molar-refractivity contribution is -0.128. The maximum Gasteiger partial charge on any atom is 0.339 e. The van der Waals surface area contributed by atoms with Gasteiger partial charge in [-0.15, -0.1) is 0 Å². The van der Waals surface area contributed by atoms with Crippen LogP contribution in [0.15, 0.2) is 6.07 Å². The molecule has 2 aliphatic rings. The minimum Gasteiger partial charge on any atom is -0.478 e. The molecule has 0 aromatic heterocycles. The second-order valence-electron chi connectivity index (χ2n) is 4.93. The Morgan fingerprint density at radius 3 is 2.70 bits per heavy atom. The molecule has 0 bridgehead atoms. The van der Waals surface area contributed by atoms with Crippen molar-refractivity contribution < 1.29 is 24.2 Å². The molecule has 106 valence electrons. The second kappa shape index (κ2) is 4.70. The van der Waals surface area contributed by atoms with Gasteiger partial charge in [-0.3, -0.25) is 4.79 Å². The van der Waals surface area contributed by atoms with Crippen molar-refractivity contribution in [3.8, 4) is 11.5 Å². The smallest absolute Gasteiger partial charge is 0.339 e. The van der Waals surface area contributed by atoms with Crippen molar-refractivity contribution in [2.45, 2.75) is 19.8 Å². The number of amides is 1. The minimum atomic E-state index is -1.01. The molecular weight excluding hydrogens is 262 g/mol. The minimum absolute atomic E-state index is 0.00900. The summed E-state index contributed by atoms with van der Waals surface area (Å²) in [7, 11) is 0. The summed E-state index contributed by atoms with van der Waals surface area (Å²) < 4.78 is 10.6. The number of nitrogens with zero attached hydrogens (tertiary/aromatic N) is 1. The van der Waals surface area contributed by atoms with Gasteiger partial charge in [0.1, 0.15) is 5.56 Å². The number of carbonyl (C=O) groups excluding carboxylic acids is 1. The fourth-order valence-corrected chi connectivity index (χ4v) is 2.80. The van der Waals surface area contributed by atoms with Gasteiger partial charge < -0.3 is 19.5 Å². The first-order valence-electron chi connectivity index (χ1n) is 6.51. The summed E-state index contributed by atoms with van der Waals surface area (Å²) in [4.78, 5) is 24.8. The number of hydrogen-bond acceptors (Lipinski definition) is 4. The van der Waals surface area contributed by atoms with E-state index in [9.17, 15) is 14.7 Å². The summed E-state index contributed by atoms with van der Waals surface area (Å²) >= 11 is 0. The molecule has 0 spiro atoms. The van der Waals surface area contributed by atoms with E-state index in [1.165, 1.54) is 6.92 Å². The molecule has 6 heteroatoms. The Labute approximate surface area is 115 Å². The first kappa shape index (κ1) is 12.8. The van der Waals surface area contributed by atoms with E-state index in [0.29, 0.717) is 37.4 Å². The number of hydrogen-bond donors (Lipinski definition) is 1. The van der Waals surface area contributed by atoms with Crippen LogP contribution in [0, 0.1) is 0 Å². The molecule has 0 atom stereocenters. The first-order valence-corrected chi connectivity index (χ1v) is 6.51. The zero-order chi connectivity index (χ0) is 14.3. The summed E-state index contributed by atoms with van der Waals surface area (Å²) in [5.74, 6) is -0.209. The average Bonchev–Trinajstić information content (AvgIpc) is 2.73. The highest BCUT2D eigenvalue weighted by molar-refractivity contribution is 5.94. The number of ether oxygens (including phenoxy) is 2. The zero-order valence-electron chi connectivity index (χ0n) is 11.1. The molecule has 1 N–H and O–H groups in total. The van der Waals surface area contributed by atoms with Gasteiger partial charge in [0.05, 0.1) is 0 Å². The lowest BCUT2D eigenvalue weighted by Gasteiger charge is -2.17. The maximum atomic E-state index is 11.5. The Morgan fingerprint density at radius 1 is 1.25 bits per heavy atom. The highest BCUT2D eigenvalue weighted by atomic mass is 16.7. The lowest BCUT2D eigenvalue weighted by atomic mass is 9.95. The van der Waals surface area contributed by atoms with Crippen LogP contribution in [0.4, 0.5) is 0 Å². The van der Waals surface area contributed by atoms with E-state index in [1.807, 2.05) is 6.07 Å². The van der Waals surface area contributed by atoms with E-state index in [4.69, 9.17) is 9.47 Å². The van der Waals surface area contributed by atoms with Crippen molar-refractivity contribution >= 4 is 11.9 Å². The van der Waals surface area contributed by atoms with E-state index in [1.54, 1.807) is 4.90 Å². The maximum absolute atomic E-state index is 11.5. The molecule has 2 heterocycles. The fourth-order valence-electron chi connectivity index (χ4n) is 2.80. The molecule has 0 saturated heterocycles. The number of carbonyl (C=O) groups is 2. The van der Waals surface area contributed by atoms with E-state index < -0.39 is 5.97 Å². The normalized spacial score (nSPS) is 16.6. The average molecular weight is 277 g/mol. The third kappa shape index (κ3) is 1.97. The van der Waals surface area contributed by atoms with Crippen LogP contribution in [0.3, 0.4) is 0 Å². The Morgan fingerprint density at radius 2 is 2.00 bits per heavy atom. The molecule has 0 unspecified atom stereocenters. The Bertz CT molecular complexity index is 596. The van der Waals surface area contributed by atoms with Gasteiger partial charge in [0.25, 0.3) is 0 Å². The molecule has 0 saturated carbocycles. The topological polar surface area (TPSA) is 76.1 Å². The number of carboxylic acids is 1. The quantitative estimate of drug-likeness (QED) is 0.830. The van der Waals surface area contributed by atoms with E-state index >= 15 is 0 Å². The van der Waals surface area contributed by atoms with Crippen molar-refractivity contribution in [3.63, 3.8) is 0 Å². The van der Waals surface area contributed by atoms with Crippen LogP contribution in [0.2, 0.25) is 0 Å². The standard InChI is InChI=1S/C14H15NO5/c1-8(16)15-4-2-9-6-11-13(20-7-19-11)12(14(17)18)10(9)3-5-15/h6H,2-5,7H2,1H3,(H,17,18). The van der Waals surface area contributed by atoms with Crippen LogP contribution >= 0.6 is 0 Å². The van der Waals surface area contributed by atoms with Crippen molar-refractivity contribution in [1.29, 1.82) is 0 Å². The molecule has 0 fully saturated rings. The summed E-state index contributed by atoms with van der Waals surface area (Å²) in [6, 6.07) is 1.84. The zero-order valence-corrected chi connectivity index (χ0v) is 11.1. The van der Waals surface area contributed by atoms with Gasteiger partial charge in [-0.25, -0.2) is 4.79 Å². The van der Waals surface area contributed by atoms with Crippen LogP contribution in [0.1, 0.15) is 28.4 Å². The van der Waals surface area contributed by atoms with Crippen molar-refractivity contribution in [2.75, 3.05) is 19.9 Å². The van der Waals surface area contributed by atoms with Crippen LogP contribution in [-0.4, -0.2) is 41.8 Å². The van der Waals surface area contributed by atoms with Crippen molar-refractivity contribution in [3.05, 3.63) is 22.8 Å². The Balaban J connectivity index is 2.07. The van der Waals surface area contributed by atoms with Gasteiger partial charge in [-0.1, -0.05) is 0 Å². The SMILES string of the molecule is CC(=O)N1CCc2cc3c(c(C(=O)O)c2CC1)OCO3. The van der Waals surface area contributed by atoms with Gasteiger partial charge in [0.2, 0.25) is 12.7 Å². The predicted octanol–water partition coefficient (Wildman–Crippen LogP) is 1.06. The molecule has 0 radical (unpaired) electrons. The molecule has 6 nitrogen and oxygen atoms in total. The van der Waals surface area contributed by atoms with E-state index in [-0.39, 0.29) is 18.3 Å². The third-order valence-corrected chi connectivity index (χ3v) is 3.81. The monoisotopic (exact) mass is 277 g/mol. The van der Waals surface area contributed by atoms with Crippen LogP contribution < -0.4 is 9.47 Å². The molecule has 0 aliphatic carbocycles. The number of carboxylic acid groups (broad SMARTS) is 1. The molecule has 1 aromatic rings. The van der Waals surface area contributed by atoms with Crippen molar-refractivity contribution in [2.24, 2.45) is 0 Å².